The summed E-state index contributed by atoms with van der Waals surface area (Å²) in [4.78, 5) is 4.24. The van der Waals surface area contributed by atoms with Crippen molar-refractivity contribution in [2.24, 2.45) is 0 Å². The van der Waals surface area contributed by atoms with Crippen LogP contribution in [0, 0.1) is 11.8 Å². The van der Waals surface area contributed by atoms with Crippen molar-refractivity contribution in [1.29, 1.82) is 0 Å². The monoisotopic (exact) mass is 264 g/mol. The summed E-state index contributed by atoms with van der Waals surface area (Å²) in [6.45, 7) is 0. The Labute approximate surface area is 116 Å². The summed E-state index contributed by atoms with van der Waals surface area (Å²) < 4.78 is 5.46. The molecule has 0 unspecified atom stereocenters. The maximum Gasteiger partial charge on any atom is 0.274 e. The summed E-state index contributed by atoms with van der Waals surface area (Å²) in [6.07, 6.45) is 0. The molecule has 0 amide bonds. The molecule has 0 aliphatic heterocycles. The Morgan fingerprint density at radius 3 is 2.65 bits per heavy atom. The third kappa shape index (κ3) is 2.43. The van der Waals surface area contributed by atoms with E-state index < -0.39 is 0 Å². The van der Waals surface area contributed by atoms with Crippen molar-refractivity contribution in [3.8, 4) is 17.6 Å². The van der Waals surface area contributed by atoms with Gasteiger partial charge in [0.2, 0.25) is 0 Å². The molecule has 0 fully saturated rings. The number of hydrogen-bond acceptors (Lipinski definition) is 4. The van der Waals surface area contributed by atoms with Crippen LogP contribution in [0.1, 0.15) is 11.5 Å². The molecule has 2 N–H and O–H groups in total. The van der Waals surface area contributed by atoms with Crippen molar-refractivity contribution < 1.29 is 9.52 Å². The fourth-order valence-electron chi connectivity index (χ4n) is 1.81. The lowest BCUT2D eigenvalue weighted by atomic mass is 10.2. The Bertz CT molecular complexity index is 808. The fourth-order valence-corrected chi connectivity index (χ4v) is 1.81. The highest BCUT2D eigenvalue weighted by molar-refractivity contribution is 5.74. The lowest BCUT2D eigenvalue weighted by Gasteiger charge is -1.97. The van der Waals surface area contributed by atoms with Crippen LogP contribution in [0.15, 0.2) is 46.9 Å². The van der Waals surface area contributed by atoms with E-state index in [1.807, 2.05) is 31.3 Å². The number of nitrogens with zero attached hydrogens (tertiary/aromatic N) is 1. The number of oxazole rings is 1. The van der Waals surface area contributed by atoms with E-state index in [2.05, 4.69) is 22.1 Å². The highest BCUT2D eigenvalue weighted by Crippen LogP contribution is 2.20. The second-order valence-corrected chi connectivity index (χ2v) is 4.25. The third-order valence-corrected chi connectivity index (χ3v) is 2.86. The standard InChI is InChI=1S/C16H12N2O2/c1-17-12-5-2-11(3-6-12)4-9-16-18-14-8-7-13(19)10-15(14)20-16/h2-3,5-8,10,17,19H,1H3. The van der Waals surface area contributed by atoms with E-state index in [0.717, 1.165) is 11.3 Å². The van der Waals surface area contributed by atoms with Gasteiger partial charge in [0.15, 0.2) is 5.58 Å². The Morgan fingerprint density at radius 1 is 1.10 bits per heavy atom. The number of rotatable bonds is 1. The molecule has 1 heterocycles. The number of nitrogens with one attached hydrogen (secondary N) is 1. The molecule has 0 aliphatic carbocycles. The average Bonchev–Trinajstić information content (AvgIpc) is 2.87. The molecular formula is C16H12N2O2. The van der Waals surface area contributed by atoms with E-state index in [-0.39, 0.29) is 5.75 Å². The van der Waals surface area contributed by atoms with Crippen LogP contribution in [-0.2, 0) is 0 Å². The molecule has 0 radical (unpaired) electrons. The van der Waals surface area contributed by atoms with E-state index in [0.29, 0.717) is 17.0 Å². The number of anilines is 1. The molecule has 3 aromatic rings. The Kier molecular flexibility index (Phi) is 3.02. The summed E-state index contributed by atoms with van der Waals surface area (Å²) >= 11 is 0. The van der Waals surface area contributed by atoms with Gasteiger partial charge in [-0.15, -0.1) is 0 Å². The number of hydrogen-bond donors (Lipinski definition) is 2. The summed E-state index contributed by atoms with van der Waals surface area (Å²) in [6, 6.07) is 12.5. The van der Waals surface area contributed by atoms with Gasteiger partial charge in [0.1, 0.15) is 11.3 Å². The van der Waals surface area contributed by atoms with Crippen molar-refractivity contribution in [3.63, 3.8) is 0 Å². The van der Waals surface area contributed by atoms with E-state index in [9.17, 15) is 5.11 Å². The Hall–Kier alpha value is -2.93. The van der Waals surface area contributed by atoms with Gasteiger partial charge in [-0.2, -0.15) is 0 Å². The molecule has 1 aromatic heterocycles. The fraction of sp³-hybridized carbons (Fsp3) is 0.0625. The Balaban J connectivity index is 1.90. The zero-order valence-electron chi connectivity index (χ0n) is 10.8. The van der Waals surface area contributed by atoms with Crippen molar-refractivity contribution in [2.45, 2.75) is 0 Å². The van der Waals surface area contributed by atoms with Gasteiger partial charge in [0.25, 0.3) is 5.89 Å². The van der Waals surface area contributed by atoms with Crippen LogP contribution < -0.4 is 5.32 Å². The smallest absolute Gasteiger partial charge is 0.274 e. The molecule has 98 valence electrons. The van der Waals surface area contributed by atoms with Crippen LogP contribution in [0.4, 0.5) is 5.69 Å². The molecule has 0 atom stereocenters. The number of phenols is 1. The normalized spacial score (nSPS) is 10.1. The molecule has 0 saturated carbocycles. The van der Waals surface area contributed by atoms with Crippen molar-refractivity contribution >= 4 is 16.8 Å². The maximum atomic E-state index is 9.37. The van der Waals surface area contributed by atoms with Gasteiger partial charge >= 0.3 is 0 Å². The van der Waals surface area contributed by atoms with Crippen LogP contribution in [0.25, 0.3) is 11.1 Å². The highest BCUT2D eigenvalue weighted by Gasteiger charge is 2.03. The first-order chi connectivity index (χ1) is 9.74. The first kappa shape index (κ1) is 12.1. The SMILES string of the molecule is CNc1ccc(C#Cc2nc3ccc(O)cc3o2)cc1. The van der Waals surface area contributed by atoms with Gasteiger partial charge in [-0.25, -0.2) is 4.98 Å². The number of phenolic OH excluding ortho intramolecular Hbond substituents is 1. The third-order valence-electron chi connectivity index (χ3n) is 2.86. The van der Waals surface area contributed by atoms with Gasteiger partial charge in [-0.3, -0.25) is 0 Å². The summed E-state index contributed by atoms with van der Waals surface area (Å²) in [5.74, 6) is 6.35. The minimum Gasteiger partial charge on any atom is -0.508 e. The largest absolute Gasteiger partial charge is 0.508 e. The van der Waals surface area contributed by atoms with Crippen LogP contribution >= 0.6 is 0 Å². The van der Waals surface area contributed by atoms with E-state index in [4.69, 9.17) is 4.42 Å². The molecule has 0 aliphatic rings. The number of aromatic nitrogens is 1. The second-order valence-electron chi connectivity index (χ2n) is 4.25. The minimum absolute atomic E-state index is 0.149. The topological polar surface area (TPSA) is 58.3 Å². The summed E-state index contributed by atoms with van der Waals surface area (Å²) in [5.41, 5.74) is 3.12. The predicted octanol–water partition coefficient (Wildman–Crippen LogP) is 2.97. The molecule has 3 rings (SSSR count). The van der Waals surface area contributed by atoms with E-state index >= 15 is 0 Å². The average molecular weight is 264 g/mol. The quantitative estimate of drug-likeness (QED) is 0.663. The number of benzene rings is 2. The summed E-state index contributed by atoms with van der Waals surface area (Å²) in [7, 11) is 1.87. The van der Waals surface area contributed by atoms with Crippen LogP contribution in [-0.4, -0.2) is 17.1 Å². The molecule has 0 spiro atoms. The first-order valence-electron chi connectivity index (χ1n) is 6.14. The molecule has 0 bridgehead atoms. The zero-order chi connectivity index (χ0) is 13.9. The lowest BCUT2D eigenvalue weighted by Crippen LogP contribution is -1.86. The van der Waals surface area contributed by atoms with Gasteiger partial charge < -0.3 is 14.8 Å². The van der Waals surface area contributed by atoms with Crippen LogP contribution in [0.3, 0.4) is 0 Å². The van der Waals surface area contributed by atoms with Crippen molar-refractivity contribution in [1.82, 2.24) is 4.98 Å². The highest BCUT2D eigenvalue weighted by atomic mass is 16.3. The first-order valence-corrected chi connectivity index (χ1v) is 6.14. The zero-order valence-corrected chi connectivity index (χ0v) is 10.8. The Morgan fingerprint density at radius 2 is 1.90 bits per heavy atom. The van der Waals surface area contributed by atoms with Crippen LogP contribution in [0.2, 0.25) is 0 Å². The van der Waals surface area contributed by atoms with Gasteiger partial charge in [-0.1, -0.05) is 5.92 Å². The maximum absolute atomic E-state index is 9.37. The van der Waals surface area contributed by atoms with E-state index in [1.165, 1.54) is 6.07 Å². The molecule has 4 heteroatoms. The van der Waals surface area contributed by atoms with Gasteiger partial charge in [-0.05, 0) is 42.3 Å². The van der Waals surface area contributed by atoms with E-state index in [1.54, 1.807) is 12.1 Å². The minimum atomic E-state index is 0.149. The van der Waals surface area contributed by atoms with Crippen molar-refractivity contribution in [3.05, 3.63) is 53.9 Å². The molecule has 4 nitrogen and oxygen atoms in total. The second kappa shape index (κ2) is 4.98. The van der Waals surface area contributed by atoms with Gasteiger partial charge in [0, 0.05) is 24.4 Å². The predicted molar refractivity (Wildman–Crippen MR) is 77.6 cm³/mol. The van der Waals surface area contributed by atoms with Crippen LogP contribution in [0.5, 0.6) is 5.75 Å². The van der Waals surface area contributed by atoms with Gasteiger partial charge in [0.05, 0.1) is 0 Å². The molecular weight excluding hydrogens is 252 g/mol. The number of aromatic hydroxyl groups is 1. The lowest BCUT2D eigenvalue weighted by molar-refractivity contribution is 0.474. The molecule has 20 heavy (non-hydrogen) atoms. The van der Waals surface area contributed by atoms with Crippen molar-refractivity contribution in [2.75, 3.05) is 12.4 Å². The summed E-state index contributed by atoms with van der Waals surface area (Å²) in [5, 5.41) is 12.4. The number of fused-ring (bicyclic) bond motifs is 1. The molecule has 0 saturated heterocycles. The molecule has 2 aromatic carbocycles.